The molecule has 0 saturated heterocycles. The zero-order valence-electron chi connectivity index (χ0n) is 26.7. The molecule has 4 heteroatoms. The van der Waals surface area contributed by atoms with Crippen molar-refractivity contribution in [3.8, 4) is 0 Å². The molecule has 0 aliphatic carbocycles. The Kier molecular flexibility index (Phi) is 21.2. The third-order valence-electron chi connectivity index (χ3n) is 8.14. The summed E-state index contributed by atoms with van der Waals surface area (Å²) in [6.45, 7) is 9.23. The number of rotatable bonds is 26. The van der Waals surface area contributed by atoms with Crippen LogP contribution in [0.15, 0.2) is 73.0 Å². The van der Waals surface area contributed by atoms with E-state index in [1.807, 2.05) is 6.26 Å². The molecule has 0 atom stereocenters. The van der Waals surface area contributed by atoms with E-state index in [0.29, 0.717) is 0 Å². The van der Waals surface area contributed by atoms with Gasteiger partial charge < -0.3 is 0 Å². The van der Waals surface area contributed by atoms with Crippen LogP contribution in [0, 0.1) is 0 Å². The monoisotopic (exact) mass is 672 g/mol. The molecule has 41 heavy (non-hydrogen) atoms. The fourth-order valence-electron chi connectivity index (χ4n) is 5.59. The van der Waals surface area contributed by atoms with E-state index in [2.05, 4.69) is 87.5 Å². The Hall–Kier alpha value is -1.30. The van der Waals surface area contributed by atoms with Gasteiger partial charge in [0, 0.05) is 0 Å². The number of hydrogen-bond acceptors (Lipinski definition) is 3. The van der Waals surface area contributed by atoms with Crippen LogP contribution in [0.4, 0.5) is 0 Å². The summed E-state index contributed by atoms with van der Waals surface area (Å²) in [7, 11) is 0. The van der Waals surface area contributed by atoms with E-state index in [-0.39, 0.29) is 6.29 Å². The zero-order chi connectivity index (χ0) is 29.3. The van der Waals surface area contributed by atoms with Gasteiger partial charge in [-0.2, -0.15) is 0 Å². The van der Waals surface area contributed by atoms with E-state index in [1.165, 1.54) is 54.1 Å². The molecule has 0 amide bonds. The number of unbranched alkanes of at least 4 members (excludes halogenated alkanes) is 3. The Morgan fingerprint density at radius 2 is 1.10 bits per heavy atom. The molecular formula is C37H60O3Sn. The molecule has 2 aromatic rings. The first-order chi connectivity index (χ1) is 20.2. The van der Waals surface area contributed by atoms with E-state index >= 15 is 0 Å². The van der Waals surface area contributed by atoms with E-state index in [1.54, 1.807) is 13.3 Å². The number of hydrogen-bond donors (Lipinski definition) is 0. The maximum absolute atomic E-state index is 6.21. The molecule has 0 radical (unpaired) electrons. The maximum atomic E-state index is 6.21. The van der Waals surface area contributed by atoms with Crippen molar-refractivity contribution in [2.75, 3.05) is 19.8 Å². The van der Waals surface area contributed by atoms with E-state index in [4.69, 9.17) is 14.2 Å². The Balaban J connectivity index is 1.76. The second-order valence-corrected chi connectivity index (χ2v) is 25.8. The van der Waals surface area contributed by atoms with Gasteiger partial charge in [0.2, 0.25) is 0 Å². The first kappa shape index (κ1) is 35.9. The third kappa shape index (κ3) is 17.4. The Labute approximate surface area is 257 Å². The molecule has 0 aromatic heterocycles. The molecule has 2 aromatic carbocycles. The van der Waals surface area contributed by atoms with E-state index < -0.39 is 18.4 Å². The minimum atomic E-state index is -2.10. The van der Waals surface area contributed by atoms with Gasteiger partial charge in [-0.15, -0.1) is 0 Å². The molecule has 0 fully saturated rings. The predicted molar refractivity (Wildman–Crippen MR) is 179 cm³/mol. The summed E-state index contributed by atoms with van der Waals surface area (Å²) in [5, 5.41) is 0. The van der Waals surface area contributed by atoms with Crippen molar-refractivity contribution in [1.82, 2.24) is 0 Å². The van der Waals surface area contributed by atoms with Crippen molar-refractivity contribution < 1.29 is 14.2 Å². The minimum absolute atomic E-state index is 0.157. The average Bonchev–Trinajstić information content (AvgIpc) is 3.01. The first-order valence-corrected chi connectivity index (χ1v) is 24.9. The molecule has 0 unspecified atom stereocenters. The van der Waals surface area contributed by atoms with Crippen molar-refractivity contribution in [2.24, 2.45) is 0 Å². The van der Waals surface area contributed by atoms with Crippen LogP contribution in [0.2, 0.25) is 17.7 Å². The Morgan fingerprint density at radius 1 is 0.610 bits per heavy atom. The first-order valence-electron chi connectivity index (χ1n) is 16.8. The summed E-state index contributed by atoms with van der Waals surface area (Å²) >= 11 is -2.10. The van der Waals surface area contributed by atoms with Crippen LogP contribution >= 0.6 is 0 Å². The number of ether oxygens (including phenoxy) is 3. The van der Waals surface area contributed by atoms with Crippen LogP contribution in [-0.2, 0) is 27.1 Å². The normalized spacial score (nSPS) is 12.0. The third-order valence-corrected chi connectivity index (χ3v) is 23.4. The molecular weight excluding hydrogens is 611 g/mol. The van der Waals surface area contributed by atoms with Gasteiger partial charge in [-0.1, -0.05) is 60.7 Å². The van der Waals surface area contributed by atoms with Gasteiger partial charge in [0.25, 0.3) is 0 Å². The number of aryl methyl sites for hydroxylation is 2. The molecule has 0 N–H and O–H groups in total. The Morgan fingerprint density at radius 3 is 1.56 bits per heavy atom. The molecule has 3 nitrogen and oxygen atoms in total. The molecule has 2 rings (SSSR count). The van der Waals surface area contributed by atoms with Crippen molar-refractivity contribution in [1.29, 1.82) is 0 Å². The SMILES string of the molecule is CCC[CH2][Sn]([CH2]/C=C\OCCCC(OCCCc1ccccc1)OCCCc1ccccc1)([CH2]CCC)[CH2]CCC. The second kappa shape index (κ2) is 24.2. The quantitative estimate of drug-likeness (QED) is 0.0431. The van der Waals surface area contributed by atoms with Crippen LogP contribution < -0.4 is 0 Å². The Bertz CT molecular complexity index is 801. The van der Waals surface area contributed by atoms with Gasteiger partial charge in [-0.05, 0) is 11.1 Å². The van der Waals surface area contributed by atoms with Crippen LogP contribution in [0.1, 0.15) is 96.1 Å². The van der Waals surface area contributed by atoms with Crippen molar-refractivity contribution in [2.45, 2.75) is 122 Å². The average molecular weight is 672 g/mol. The predicted octanol–water partition coefficient (Wildman–Crippen LogP) is 10.8. The van der Waals surface area contributed by atoms with Gasteiger partial charge >= 0.3 is 187 Å². The van der Waals surface area contributed by atoms with Crippen LogP contribution in [0.25, 0.3) is 0 Å². The number of allylic oxidation sites excluding steroid dienone is 1. The number of benzene rings is 2. The summed E-state index contributed by atoms with van der Waals surface area (Å²) in [5.41, 5.74) is 2.73. The second-order valence-electron chi connectivity index (χ2n) is 11.7. The topological polar surface area (TPSA) is 27.7 Å². The molecule has 0 aliphatic rings. The van der Waals surface area contributed by atoms with E-state index in [0.717, 1.165) is 58.3 Å². The van der Waals surface area contributed by atoms with Gasteiger partial charge in [0.1, 0.15) is 0 Å². The molecule has 0 spiro atoms. The fourth-order valence-corrected chi connectivity index (χ4v) is 20.6. The zero-order valence-corrected chi connectivity index (χ0v) is 29.5. The van der Waals surface area contributed by atoms with Gasteiger partial charge in [-0.25, -0.2) is 0 Å². The molecule has 0 saturated carbocycles. The standard InChI is InChI=1S/C25H33O3.3C4H9.Sn/c1-2-19-26-20-11-18-25(27-21-9-16-23-12-5-3-6-13-23)28-22-10-17-24-14-7-4-8-15-24;3*1-3-4-2;/h2-8,12-15,19,25H,1,9-11,16-18,20-22H2;3*1,3-4H2,2H3;/b19-2-;;;;. The summed E-state index contributed by atoms with van der Waals surface area (Å²) < 4.78 is 24.5. The van der Waals surface area contributed by atoms with Crippen molar-refractivity contribution in [3.05, 3.63) is 84.1 Å². The fraction of sp³-hybridized carbons (Fsp3) is 0.622. The molecule has 0 heterocycles. The van der Waals surface area contributed by atoms with Gasteiger partial charge in [0.05, 0.1) is 0 Å². The van der Waals surface area contributed by atoms with Gasteiger partial charge in [0.15, 0.2) is 0 Å². The summed E-state index contributed by atoms with van der Waals surface area (Å²) in [6.07, 6.45) is 18.5. The summed E-state index contributed by atoms with van der Waals surface area (Å²) in [6, 6.07) is 21.3. The van der Waals surface area contributed by atoms with E-state index in [9.17, 15) is 0 Å². The summed E-state index contributed by atoms with van der Waals surface area (Å²) in [4.78, 5) is 0. The van der Waals surface area contributed by atoms with Crippen molar-refractivity contribution in [3.63, 3.8) is 0 Å². The van der Waals surface area contributed by atoms with Crippen LogP contribution in [0.3, 0.4) is 0 Å². The van der Waals surface area contributed by atoms with Crippen LogP contribution in [0.5, 0.6) is 0 Å². The van der Waals surface area contributed by atoms with Crippen molar-refractivity contribution >= 4 is 18.4 Å². The molecule has 0 aliphatic heterocycles. The summed E-state index contributed by atoms with van der Waals surface area (Å²) in [5.74, 6) is 0. The molecule has 230 valence electrons. The van der Waals surface area contributed by atoms with Crippen LogP contribution in [-0.4, -0.2) is 44.5 Å². The molecule has 0 bridgehead atoms. The van der Waals surface area contributed by atoms with Gasteiger partial charge in [-0.3, -0.25) is 0 Å².